The highest BCUT2D eigenvalue weighted by molar-refractivity contribution is 7.92. The second-order valence-electron chi connectivity index (χ2n) is 7.14. The Labute approximate surface area is 187 Å². The summed E-state index contributed by atoms with van der Waals surface area (Å²) >= 11 is 6.06. The fourth-order valence-electron chi connectivity index (χ4n) is 2.70. The number of sulfonamides is 1. The maximum absolute atomic E-state index is 12.9. The molecule has 2 aromatic carbocycles. The standard InChI is InChI=1S/C20H18ClF3N4O3S/c1-11(2)17-10-18(27-26-17)25-19(29)15-9-14(6-7-16(15)21)32(30,31)28-13-5-3-4-12(8-13)20(22,23)24/h3-11,28H,1-2H3,(H2,25,26,27,29). The molecule has 12 heteroatoms. The Hall–Kier alpha value is -3.05. The van der Waals surface area contributed by atoms with Gasteiger partial charge in [-0.1, -0.05) is 31.5 Å². The van der Waals surface area contributed by atoms with Gasteiger partial charge in [-0.15, -0.1) is 0 Å². The lowest BCUT2D eigenvalue weighted by atomic mass is 10.1. The maximum atomic E-state index is 12.9. The van der Waals surface area contributed by atoms with Gasteiger partial charge in [0.05, 0.1) is 21.0 Å². The number of aromatic nitrogens is 2. The molecule has 0 aliphatic heterocycles. The monoisotopic (exact) mass is 486 g/mol. The predicted octanol–water partition coefficient (Wildman–Crippen LogP) is 5.26. The van der Waals surface area contributed by atoms with Crippen molar-refractivity contribution in [3.8, 4) is 0 Å². The van der Waals surface area contributed by atoms with Gasteiger partial charge in [0.1, 0.15) is 0 Å². The molecule has 32 heavy (non-hydrogen) atoms. The number of anilines is 2. The van der Waals surface area contributed by atoms with Crippen LogP contribution in [0, 0.1) is 0 Å². The molecule has 0 spiro atoms. The van der Waals surface area contributed by atoms with Gasteiger partial charge >= 0.3 is 6.18 Å². The largest absolute Gasteiger partial charge is 0.416 e. The lowest BCUT2D eigenvalue weighted by Gasteiger charge is -2.12. The highest BCUT2D eigenvalue weighted by atomic mass is 35.5. The molecule has 1 heterocycles. The third-order valence-corrected chi connectivity index (χ3v) is 6.10. The van der Waals surface area contributed by atoms with E-state index in [1.807, 2.05) is 13.8 Å². The molecule has 0 bridgehead atoms. The molecule has 3 aromatic rings. The number of halogens is 4. The first-order valence-corrected chi connectivity index (χ1v) is 11.1. The second kappa shape index (κ2) is 8.83. The van der Waals surface area contributed by atoms with Crippen LogP contribution in [0.3, 0.4) is 0 Å². The van der Waals surface area contributed by atoms with Crippen LogP contribution in [0.1, 0.15) is 41.4 Å². The van der Waals surface area contributed by atoms with E-state index in [1.54, 1.807) is 6.07 Å². The third kappa shape index (κ3) is 5.40. The first kappa shape index (κ1) is 23.6. The maximum Gasteiger partial charge on any atom is 0.416 e. The number of nitrogens with one attached hydrogen (secondary N) is 3. The fraction of sp³-hybridized carbons (Fsp3) is 0.200. The van der Waals surface area contributed by atoms with Crippen molar-refractivity contribution in [3.63, 3.8) is 0 Å². The summed E-state index contributed by atoms with van der Waals surface area (Å²) < 4.78 is 66.2. The van der Waals surface area contributed by atoms with Gasteiger partial charge in [0, 0.05) is 17.4 Å². The summed E-state index contributed by atoms with van der Waals surface area (Å²) in [5, 5.41) is 9.24. The van der Waals surface area contributed by atoms with Crippen molar-refractivity contribution < 1.29 is 26.4 Å². The van der Waals surface area contributed by atoms with Gasteiger partial charge in [-0.25, -0.2) is 8.42 Å². The Balaban J connectivity index is 1.86. The minimum Gasteiger partial charge on any atom is -0.305 e. The molecule has 0 radical (unpaired) electrons. The third-order valence-electron chi connectivity index (χ3n) is 4.40. The van der Waals surface area contributed by atoms with Crippen molar-refractivity contribution in [2.75, 3.05) is 10.0 Å². The number of nitrogens with zero attached hydrogens (tertiary/aromatic N) is 1. The second-order valence-corrected chi connectivity index (χ2v) is 9.23. The number of amides is 1. The zero-order valence-corrected chi connectivity index (χ0v) is 18.4. The topological polar surface area (TPSA) is 104 Å². The number of carbonyl (C=O) groups is 1. The Bertz CT molecular complexity index is 1260. The lowest BCUT2D eigenvalue weighted by Crippen LogP contribution is -2.17. The molecule has 7 nitrogen and oxygen atoms in total. The molecule has 1 aromatic heterocycles. The van der Waals surface area contributed by atoms with Gasteiger partial charge in [0.2, 0.25) is 0 Å². The number of alkyl halides is 3. The van der Waals surface area contributed by atoms with Crippen LogP contribution in [0.4, 0.5) is 24.7 Å². The quantitative estimate of drug-likeness (QED) is 0.442. The van der Waals surface area contributed by atoms with Gasteiger partial charge < -0.3 is 5.32 Å². The molecular formula is C20H18ClF3N4O3S. The van der Waals surface area contributed by atoms with E-state index in [0.29, 0.717) is 6.07 Å². The van der Waals surface area contributed by atoms with Gasteiger partial charge in [0.15, 0.2) is 5.82 Å². The number of hydrogen-bond donors (Lipinski definition) is 3. The highest BCUT2D eigenvalue weighted by Crippen LogP contribution is 2.31. The van der Waals surface area contributed by atoms with Crippen LogP contribution in [0.2, 0.25) is 5.02 Å². The average Bonchev–Trinajstić information content (AvgIpc) is 3.16. The summed E-state index contributed by atoms with van der Waals surface area (Å²) in [6.07, 6.45) is -4.63. The normalized spacial score (nSPS) is 12.1. The predicted molar refractivity (Wildman–Crippen MR) is 114 cm³/mol. The average molecular weight is 487 g/mol. The van der Waals surface area contributed by atoms with E-state index >= 15 is 0 Å². The van der Waals surface area contributed by atoms with E-state index in [1.165, 1.54) is 12.1 Å². The minimum atomic E-state index is -4.63. The Morgan fingerprint density at radius 1 is 1.12 bits per heavy atom. The summed E-state index contributed by atoms with van der Waals surface area (Å²) in [6, 6.07) is 8.77. The first-order chi connectivity index (χ1) is 14.9. The minimum absolute atomic E-state index is 0.0138. The van der Waals surface area contributed by atoms with Crippen LogP contribution >= 0.6 is 11.6 Å². The van der Waals surface area contributed by atoms with Crippen LogP contribution in [-0.2, 0) is 16.2 Å². The van der Waals surface area contributed by atoms with Gasteiger partial charge in [-0.3, -0.25) is 14.6 Å². The highest BCUT2D eigenvalue weighted by Gasteiger charge is 2.31. The number of H-pyrrole nitrogens is 1. The molecule has 1 amide bonds. The SMILES string of the molecule is CC(C)c1cc(NC(=O)c2cc(S(=O)(=O)Nc3cccc(C(F)(F)F)c3)ccc2Cl)n[nH]1. The molecule has 0 saturated heterocycles. The van der Waals surface area contributed by atoms with Crippen LogP contribution in [-0.4, -0.2) is 24.5 Å². The number of aromatic amines is 1. The molecular weight excluding hydrogens is 469 g/mol. The molecule has 0 atom stereocenters. The van der Waals surface area contributed by atoms with E-state index < -0.39 is 27.7 Å². The molecule has 0 saturated carbocycles. The first-order valence-electron chi connectivity index (χ1n) is 9.23. The molecule has 0 aliphatic carbocycles. The van der Waals surface area contributed by atoms with E-state index in [2.05, 4.69) is 20.2 Å². The van der Waals surface area contributed by atoms with Crippen molar-refractivity contribution in [3.05, 3.63) is 70.4 Å². The van der Waals surface area contributed by atoms with Gasteiger partial charge in [-0.05, 0) is 42.3 Å². The van der Waals surface area contributed by atoms with E-state index in [4.69, 9.17) is 11.6 Å². The molecule has 0 fully saturated rings. The van der Waals surface area contributed by atoms with Crippen LogP contribution in [0.25, 0.3) is 0 Å². The molecule has 3 N–H and O–H groups in total. The van der Waals surface area contributed by atoms with E-state index in [-0.39, 0.29) is 32.9 Å². The Morgan fingerprint density at radius 2 is 1.84 bits per heavy atom. The van der Waals surface area contributed by atoms with Crippen molar-refractivity contribution in [2.45, 2.75) is 30.8 Å². The molecule has 170 valence electrons. The molecule has 3 rings (SSSR count). The lowest BCUT2D eigenvalue weighted by molar-refractivity contribution is -0.137. The number of hydrogen-bond acceptors (Lipinski definition) is 4. The van der Waals surface area contributed by atoms with Crippen molar-refractivity contribution in [2.24, 2.45) is 0 Å². The van der Waals surface area contributed by atoms with Crippen molar-refractivity contribution >= 4 is 39.0 Å². The summed E-state index contributed by atoms with van der Waals surface area (Å²) in [5.41, 5.74) is -0.646. The van der Waals surface area contributed by atoms with E-state index in [0.717, 1.165) is 30.0 Å². The fourth-order valence-corrected chi connectivity index (χ4v) is 3.98. The smallest absolute Gasteiger partial charge is 0.305 e. The van der Waals surface area contributed by atoms with Crippen molar-refractivity contribution in [1.29, 1.82) is 0 Å². The van der Waals surface area contributed by atoms with E-state index in [9.17, 15) is 26.4 Å². The van der Waals surface area contributed by atoms with Crippen LogP contribution < -0.4 is 10.0 Å². The summed E-state index contributed by atoms with van der Waals surface area (Å²) in [6.45, 7) is 3.86. The molecule has 0 unspecified atom stereocenters. The Kier molecular flexibility index (Phi) is 6.51. The zero-order valence-electron chi connectivity index (χ0n) is 16.8. The van der Waals surface area contributed by atoms with Gasteiger partial charge in [-0.2, -0.15) is 18.3 Å². The number of benzene rings is 2. The number of rotatable bonds is 6. The molecule has 0 aliphatic rings. The summed E-state index contributed by atoms with van der Waals surface area (Å²) in [5.74, 6) is -0.329. The zero-order chi connectivity index (χ0) is 23.7. The van der Waals surface area contributed by atoms with Crippen LogP contribution in [0.15, 0.2) is 53.4 Å². The van der Waals surface area contributed by atoms with Crippen LogP contribution in [0.5, 0.6) is 0 Å². The van der Waals surface area contributed by atoms with Crippen molar-refractivity contribution in [1.82, 2.24) is 10.2 Å². The summed E-state index contributed by atoms with van der Waals surface area (Å²) in [4.78, 5) is 12.3. The van der Waals surface area contributed by atoms with Gasteiger partial charge in [0.25, 0.3) is 15.9 Å². The number of carbonyl (C=O) groups excluding carboxylic acids is 1. The summed E-state index contributed by atoms with van der Waals surface area (Å²) in [7, 11) is -4.31. The Morgan fingerprint density at radius 3 is 2.47 bits per heavy atom.